The lowest BCUT2D eigenvalue weighted by Crippen LogP contribution is -2.43. The molecule has 2 aromatic carbocycles. The van der Waals surface area contributed by atoms with E-state index in [1.54, 1.807) is 24.3 Å². The molecule has 1 atom stereocenters. The number of hydrogen-bond acceptors (Lipinski definition) is 5. The monoisotopic (exact) mass is 397 g/mol. The fourth-order valence-electron chi connectivity index (χ4n) is 2.72. The fraction of sp³-hybridized carbons (Fsp3) is 0.273. The van der Waals surface area contributed by atoms with Gasteiger partial charge >= 0.3 is 5.97 Å². The molecule has 0 aliphatic carbocycles. The van der Waals surface area contributed by atoms with Gasteiger partial charge in [-0.3, -0.25) is 4.79 Å². The number of fused-ring (bicyclic) bond motifs is 1. The summed E-state index contributed by atoms with van der Waals surface area (Å²) in [5, 5.41) is 12.5. The topological polar surface area (TPSA) is 98.0 Å². The first-order valence-corrected chi connectivity index (χ1v) is 9.38. The van der Waals surface area contributed by atoms with Crippen LogP contribution in [0.1, 0.15) is 29.5 Å². The molecule has 0 bridgehead atoms. The zero-order valence-corrected chi connectivity index (χ0v) is 16.1. The van der Waals surface area contributed by atoms with Crippen LogP contribution in [-0.4, -0.2) is 36.2 Å². The second kappa shape index (κ2) is 9.75. The molecule has 1 unspecified atom stereocenters. The van der Waals surface area contributed by atoms with Gasteiger partial charge in [0.05, 0.1) is 19.8 Å². The first kappa shape index (κ1) is 20.4. The highest BCUT2D eigenvalue weighted by atomic mass is 16.5. The van der Waals surface area contributed by atoms with Crippen molar-refractivity contribution >= 4 is 22.8 Å². The number of nitrogens with one attached hydrogen (secondary N) is 1. The Bertz CT molecular complexity index is 966. The number of carbonyl (C=O) groups excluding carboxylic acids is 1. The van der Waals surface area contributed by atoms with Crippen molar-refractivity contribution in [1.82, 2.24) is 5.32 Å². The summed E-state index contributed by atoms with van der Waals surface area (Å²) in [5.41, 5.74) is 1.44. The summed E-state index contributed by atoms with van der Waals surface area (Å²) in [6.45, 7) is 2.71. The Hall–Kier alpha value is -3.32. The Morgan fingerprint density at radius 1 is 1.14 bits per heavy atom. The van der Waals surface area contributed by atoms with E-state index in [-0.39, 0.29) is 19.0 Å². The standard InChI is InChI=1S/C22H23NO6/c1-2-10-28-17-8-9-19-16(11-17)12-20(29-19)21(24)23-18(22(25)26)14-27-13-15-6-4-3-5-7-15/h3-9,11-12,18H,2,10,13-14H2,1H3,(H,23,24)(H,25,26). The molecule has 1 amide bonds. The molecule has 3 aromatic rings. The van der Waals surface area contributed by atoms with Gasteiger partial charge < -0.3 is 24.3 Å². The number of amides is 1. The average Bonchev–Trinajstić information content (AvgIpc) is 3.15. The van der Waals surface area contributed by atoms with E-state index in [1.807, 2.05) is 37.3 Å². The van der Waals surface area contributed by atoms with Crippen molar-refractivity contribution in [3.05, 3.63) is 65.9 Å². The van der Waals surface area contributed by atoms with Crippen LogP contribution in [0.3, 0.4) is 0 Å². The number of carboxylic acid groups (broad SMARTS) is 1. The minimum absolute atomic E-state index is 0.0296. The Balaban J connectivity index is 1.62. The Kier molecular flexibility index (Phi) is 6.86. The second-order valence-corrected chi connectivity index (χ2v) is 6.52. The molecule has 1 heterocycles. The third-order valence-corrected chi connectivity index (χ3v) is 4.18. The highest BCUT2D eigenvalue weighted by molar-refractivity contribution is 5.98. The van der Waals surface area contributed by atoms with Gasteiger partial charge in [-0.2, -0.15) is 0 Å². The maximum absolute atomic E-state index is 12.5. The van der Waals surface area contributed by atoms with Gasteiger partial charge in [0.15, 0.2) is 11.8 Å². The number of rotatable bonds is 10. The molecule has 7 heteroatoms. The molecule has 0 saturated carbocycles. The van der Waals surface area contributed by atoms with Crippen molar-refractivity contribution in [1.29, 1.82) is 0 Å². The molecule has 0 radical (unpaired) electrons. The fourth-order valence-corrected chi connectivity index (χ4v) is 2.72. The van der Waals surface area contributed by atoms with Gasteiger partial charge in [0, 0.05) is 5.39 Å². The molecule has 1 aromatic heterocycles. The molecule has 2 N–H and O–H groups in total. The van der Waals surface area contributed by atoms with E-state index >= 15 is 0 Å². The van der Waals surface area contributed by atoms with Crippen LogP contribution in [0.4, 0.5) is 0 Å². The number of hydrogen-bond donors (Lipinski definition) is 2. The van der Waals surface area contributed by atoms with E-state index in [1.165, 1.54) is 0 Å². The SMILES string of the molecule is CCCOc1ccc2oc(C(=O)NC(COCc3ccccc3)C(=O)O)cc2c1. The van der Waals surface area contributed by atoms with Crippen molar-refractivity contribution in [3.8, 4) is 5.75 Å². The van der Waals surface area contributed by atoms with Crippen molar-refractivity contribution < 1.29 is 28.6 Å². The Morgan fingerprint density at radius 2 is 1.93 bits per heavy atom. The molecule has 29 heavy (non-hydrogen) atoms. The molecule has 0 aliphatic heterocycles. The van der Waals surface area contributed by atoms with Crippen molar-refractivity contribution in [2.45, 2.75) is 26.0 Å². The lowest BCUT2D eigenvalue weighted by Gasteiger charge is -2.14. The van der Waals surface area contributed by atoms with Crippen molar-refractivity contribution in [2.24, 2.45) is 0 Å². The second-order valence-electron chi connectivity index (χ2n) is 6.52. The van der Waals surface area contributed by atoms with Crippen LogP contribution in [0.2, 0.25) is 0 Å². The van der Waals surface area contributed by atoms with Gasteiger partial charge in [-0.25, -0.2) is 4.79 Å². The predicted molar refractivity (Wildman–Crippen MR) is 107 cm³/mol. The summed E-state index contributed by atoms with van der Waals surface area (Å²) < 4.78 is 16.6. The van der Waals surface area contributed by atoms with E-state index in [0.29, 0.717) is 23.3 Å². The number of aliphatic carboxylic acids is 1. The third-order valence-electron chi connectivity index (χ3n) is 4.18. The molecule has 3 rings (SSSR count). The van der Waals surface area contributed by atoms with Gasteiger partial charge in [-0.05, 0) is 36.2 Å². The summed E-state index contributed by atoms with van der Waals surface area (Å²) in [4.78, 5) is 23.9. The third kappa shape index (κ3) is 5.58. The molecule has 152 valence electrons. The van der Waals surface area contributed by atoms with Crippen LogP contribution >= 0.6 is 0 Å². The molecule has 7 nitrogen and oxygen atoms in total. The molecular weight excluding hydrogens is 374 g/mol. The number of benzene rings is 2. The maximum Gasteiger partial charge on any atom is 0.328 e. The maximum atomic E-state index is 12.5. The van der Waals surface area contributed by atoms with Crippen LogP contribution in [-0.2, 0) is 16.1 Å². The highest BCUT2D eigenvalue weighted by Gasteiger charge is 2.23. The summed E-state index contributed by atoms with van der Waals surface area (Å²) >= 11 is 0. The molecule has 0 saturated heterocycles. The van der Waals surface area contributed by atoms with E-state index in [4.69, 9.17) is 13.9 Å². The van der Waals surface area contributed by atoms with Crippen LogP contribution in [0.25, 0.3) is 11.0 Å². The van der Waals surface area contributed by atoms with Crippen LogP contribution in [0.5, 0.6) is 5.75 Å². The zero-order chi connectivity index (χ0) is 20.6. The van der Waals surface area contributed by atoms with Gasteiger partial charge in [0.2, 0.25) is 0 Å². The van der Waals surface area contributed by atoms with Gasteiger partial charge in [-0.1, -0.05) is 37.3 Å². The van der Waals surface area contributed by atoms with Gasteiger partial charge in [0.1, 0.15) is 11.3 Å². The Morgan fingerprint density at radius 3 is 2.66 bits per heavy atom. The number of ether oxygens (including phenoxy) is 2. The minimum Gasteiger partial charge on any atom is -0.494 e. The summed E-state index contributed by atoms with van der Waals surface area (Å²) in [6, 6.07) is 15.0. The molecule has 0 fully saturated rings. The molecule has 0 aliphatic rings. The van der Waals surface area contributed by atoms with E-state index in [0.717, 1.165) is 12.0 Å². The number of carboxylic acids is 1. The number of furan rings is 1. The van der Waals surface area contributed by atoms with Gasteiger partial charge in [-0.15, -0.1) is 0 Å². The quantitative estimate of drug-likeness (QED) is 0.542. The predicted octanol–water partition coefficient (Wildman–Crippen LogP) is 3.62. The molecular formula is C22H23NO6. The van der Waals surface area contributed by atoms with Crippen molar-refractivity contribution in [3.63, 3.8) is 0 Å². The largest absolute Gasteiger partial charge is 0.494 e. The van der Waals surface area contributed by atoms with Crippen LogP contribution < -0.4 is 10.1 Å². The first-order chi connectivity index (χ1) is 14.1. The zero-order valence-electron chi connectivity index (χ0n) is 16.1. The van der Waals surface area contributed by atoms with Crippen LogP contribution in [0.15, 0.2) is 59.0 Å². The smallest absolute Gasteiger partial charge is 0.328 e. The molecule has 0 spiro atoms. The Labute approximate surface area is 168 Å². The normalized spacial score (nSPS) is 11.9. The van der Waals surface area contributed by atoms with E-state index in [9.17, 15) is 14.7 Å². The lowest BCUT2D eigenvalue weighted by molar-refractivity contribution is -0.141. The average molecular weight is 397 g/mol. The van der Waals surface area contributed by atoms with E-state index in [2.05, 4.69) is 5.32 Å². The summed E-state index contributed by atoms with van der Waals surface area (Å²) in [7, 11) is 0. The lowest BCUT2D eigenvalue weighted by atomic mass is 10.2. The summed E-state index contributed by atoms with van der Waals surface area (Å²) in [6.07, 6.45) is 0.889. The number of carbonyl (C=O) groups is 2. The van der Waals surface area contributed by atoms with E-state index < -0.39 is 17.9 Å². The highest BCUT2D eigenvalue weighted by Crippen LogP contribution is 2.24. The van der Waals surface area contributed by atoms with Gasteiger partial charge in [0.25, 0.3) is 5.91 Å². The first-order valence-electron chi connectivity index (χ1n) is 9.38. The minimum atomic E-state index is -1.19. The van der Waals surface area contributed by atoms with Crippen molar-refractivity contribution in [2.75, 3.05) is 13.2 Å². The summed E-state index contributed by atoms with van der Waals surface area (Å²) in [5.74, 6) is -1.09. The van der Waals surface area contributed by atoms with Crippen LogP contribution in [0, 0.1) is 0 Å².